The van der Waals surface area contributed by atoms with E-state index in [1.165, 1.54) is 22.3 Å². The Kier molecular flexibility index (Phi) is 8.83. The van der Waals surface area contributed by atoms with E-state index in [0.717, 1.165) is 74.1 Å². The van der Waals surface area contributed by atoms with Gasteiger partial charge in [-0.3, -0.25) is 0 Å². The summed E-state index contributed by atoms with van der Waals surface area (Å²) in [6.45, 7) is 0. The molecule has 0 saturated carbocycles. The molecule has 4 aromatic carbocycles. The molecule has 0 aliphatic carbocycles. The lowest BCUT2D eigenvalue weighted by atomic mass is 10.0. The van der Waals surface area contributed by atoms with Gasteiger partial charge in [0.05, 0.1) is 22.7 Å². The molecule has 4 nitrogen and oxygen atoms in total. The minimum Gasteiger partial charge on any atom is -0.187 e. The Hall–Kier alpha value is -4.36. The van der Waals surface area contributed by atoms with Crippen LogP contribution in [0.3, 0.4) is 0 Å². The highest BCUT2D eigenvalue weighted by molar-refractivity contribution is 5.62. The molecule has 0 N–H and O–H groups in total. The van der Waals surface area contributed by atoms with Gasteiger partial charge in [0.15, 0.2) is 0 Å². The minimum absolute atomic E-state index is 0.941. The van der Waals surface area contributed by atoms with Crippen molar-refractivity contribution in [2.45, 2.75) is 51.4 Å². The molecule has 0 radical (unpaired) electrons. The molecule has 0 amide bonds. The Morgan fingerprint density at radius 2 is 0.579 bits per heavy atom. The van der Waals surface area contributed by atoms with E-state index in [1.54, 1.807) is 0 Å². The second-order valence-corrected chi connectivity index (χ2v) is 9.58. The maximum atomic E-state index is 4.61. The van der Waals surface area contributed by atoms with Crippen LogP contribution in [0.2, 0.25) is 0 Å². The van der Waals surface area contributed by atoms with Crippen molar-refractivity contribution < 1.29 is 0 Å². The molecular weight excluding hydrogens is 464 g/mol. The number of nitrogens with zero attached hydrogens (tertiary/aromatic N) is 4. The molecule has 0 fully saturated rings. The number of benzene rings is 4. The quantitative estimate of drug-likeness (QED) is 0.233. The molecule has 0 saturated heterocycles. The average molecular weight is 497 g/mol. The summed E-state index contributed by atoms with van der Waals surface area (Å²) >= 11 is 0. The molecule has 5 rings (SSSR count). The summed E-state index contributed by atoms with van der Waals surface area (Å²) in [6.07, 6.45) is 8.09. The van der Waals surface area contributed by atoms with Crippen molar-refractivity contribution in [1.29, 1.82) is 0 Å². The van der Waals surface area contributed by atoms with E-state index in [1.807, 2.05) is 48.5 Å². The summed E-state index contributed by atoms with van der Waals surface area (Å²) < 4.78 is 0. The Morgan fingerprint density at radius 3 is 0.842 bits per heavy atom. The fourth-order valence-electron chi connectivity index (χ4n) is 4.85. The number of aryl methyl sites for hydroxylation is 4. The zero-order valence-electron chi connectivity index (χ0n) is 21.7. The van der Waals surface area contributed by atoms with Crippen LogP contribution in [-0.2, 0) is 25.7 Å². The topological polar surface area (TPSA) is 49.4 Å². The van der Waals surface area contributed by atoms with Crippen molar-refractivity contribution in [3.63, 3.8) is 0 Å². The van der Waals surface area contributed by atoms with Crippen molar-refractivity contribution >= 4 is 34.8 Å². The molecule has 38 heavy (non-hydrogen) atoms. The van der Waals surface area contributed by atoms with Crippen molar-refractivity contribution in [2.24, 2.45) is 20.0 Å². The van der Waals surface area contributed by atoms with E-state index < -0.39 is 0 Å². The van der Waals surface area contributed by atoms with Gasteiger partial charge in [-0.15, -0.1) is 0 Å². The number of rotatable bonds is 0. The molecule has 0 aromatic heterocycles. The van der Waals surface area contributed by atoms with Crippen molar-refractivity contribution in [2.75, 3.05) is 0 Å². The van der Waals surface area contributed by atoms with Crippen LogP contribution in [0.4, 0.5) is 22.7 Å². The molecule has 1 heterocycles. The zero-order chi connectivity index (χ0) is 25.8. The lowest BCUT2D eigenvalue weighted by Gasteiger charge is -2.07. The van der Waals surface area contributed by atoms with Crippen LogP contribution in [-0.4, -0.2) is 12.0 Å². The third-order valence-electron chi connectivity index (χ3n) is 6.93. The summed E-state index contributed by atoms with van der Waals surface area (Å²) in [5.74, 6) is 0. The highest BCUT2D eigenvalue weighted by Crippen LogP contribution is 2.26. The van der Waals surface area contributed by atoms with E-state index in [4.69, 9.17) is 0 Å². The van der Waals surface area contributed by atoms with Crippen LogP contribution in [0.15, 0.2) is 117 Å². The van der Waals surface area contributed by atoms with Crippen LogP contribution < -0.4 is 0 Å². The molecule has 4 aromatic rings. The molecule has 188 valence electrons. The van der Waals surface area contributed by atoms with Crippen LogP contribution >= 0.6 is 0 Å². The van der Waals surface area contributed by atoms with Crippen molar-refractivity contribution in [1.82, 2.24) is 0 Å². The van der Waals surface area contributed by atoms with Crippen LogP contribution in [0.1, 0.15) is 47.9 Å². The van der Waals surface area contributed by atoms with E-state index in [-0.39, 0.29) is 0 Å². The van der Waals surface area contributed by atoms with Crippen molar-refractivity contribution in [3.05, 3.63) is 119 Å². The first-order valence-corrected chi connectivity index (χ1v) is 13.5. The van der Waals surface area contributed by atoms with Gasteiger partial charge in [0.25, 0.3) is 0 Å². The molecule has 4 heteroatoms. The highest BCUT2D eigenvalue weighted by atomic mass is 14.8. The monoisotopic (exact) mass is 496 g/mol. The Bertz CT molecular complexity index is 1280. The summed E-state index contributed by atoms with van der Waals surface area (Å²) in [4.78, 5) is 18.4. The van der Waals surface area contributed by atoms with Gasteiger partial charge < -0.3 is 0 Å². The summed E-state index contributed by atoms with van der Waals surface area (Å²) in [5.41, 5.74) is 8.66. The first-order chi connectivity index (χ1) is 18.9. The number of hydrogen-bond donors (Lipinski definition) is 0. The molecule has 0 atom stereocenters. The largest absolute Gasteiger partial charge is 0.187 e. The van der Waals surface area contributed by atoms with Gasteiger partial charge >= 0.3 is 0 Å². The SMILES string of the molecule is C1=Nc2ccccc2CCCCc2ccccc2N=C=Nc2ccccc2CCCCc2ccccc2N=1. The first kappa shape index (κ1) is 25.3. The number of fused-ring (bicyclic) bond motifs is 4. The van der Waals surface area contributed by atoms with Gasteiger partial charge in [0.2, 0.25) is 0 Å². The first-order valence-electron chi connectivity index (χ1n) is 13.5. The maximum Gasteiger partial charge on any atom is 0.100 e. The van der Waals surface area contributed by atoms with Crippen LogP contribution in [0.5, 0.6) is 0 Å². The highest BCUT2D eigenvalue weighted by Gasteiger charge is 2.05. The smallest absolute Gasteiger partial charge is 0.100 e. The molecule has 0 bridgehead atoms. The minimum atomic E-state index is 0.941. The predicted molar refractivity (Wildman–Crippen MR) is 157 cm³/mol. The van der Waals surface area contributed by atoms with Crippen molar-refractivity contribution in [3.8, 4) is 0 Å². The van der Waals surface area contributed by atoms with Gasteiger partial charge in [0.1, 0.15) is 12.0 Å². The van der Waals surface area contributed by atoms with E-state index in [2.05, 4.69) is 80.5 Å². The molecule has 1 aliphatic rings. The summed E-state index contributed by atoms with van der Waals surface area (Å²) in [6, 6.07) is 39.1. The van der Waals surface area contributed by atoms with E-state index in [9.17, 15) is 0 Å². The number of aliphatic imine (C=N–C) groups is 4. The number of para-hydroxylation sites is 4. The maximum absolute atomic E-state index is 4.61. The summed E-state index contributed by atoms with van der Waals surface area (Å²) in [7, 11) is 0. The van der Waals surface area contributed by atoms with E-state index >= 15 is 0 Å². The second-order valence-electron chi connectivity index (χ2n) is 9.58. The lowest BCUT2D eigenvalue weighted by molar-refractivity contribution is 0.735. The standard InChI is InChI=1S/C34H32N4/c1-2-14-28-18-6-10-22-32(28)36-26-38-34-24-12-8-20-30(34)16-4-3-15-29-19-7-11-23-33(29)37-25-35-31-21-9-5-17-27(31)13-1/h5-12,17-24H,1-4,13-16H2. The fraction of sp³-hybridized carbons (Fsp3) is 0.235. The number of hydrogen-bond acceptors (Lipinski definition) is 4. The lowest BCUT2D eigenvalue weighted by Crippen LogP contribution is -1.91. The second kappa shape index (κ2) is 13.3. The fourth-order valence-corrected chi connectivity index (χ4v) is 4.85. The normalized spacial score (nSPS) is 14.3. The van der Waals surface area contributed by atoms with Gasteiger partial charge in [-0.05, 0) is 97.9 Å². The third kappa shape index (κ3) is 6.89. The van der Waals surface area contributed by atoms with Crippen LogP contribution in [0.25, 0.3) is 0 Å². The molecule has 1 aliphatic heterocycles. The molecule has 0 spiro atoms. The predicted octanol–water partition coefficient (Wildman–Crippen LogP) is 9.40. The average Bonchev–Trinajstić information content (AvgIpc) is 2.96. The Balaban J connectivity index is 1.44. The Morgan fingerprint density at radius 1 is 0.342 bits per heavy atom. The third-order valence-corrected chi connectivity index (χ3v) is 6.93. The zero-order valence-corrected chi connectivity index (χ0v) is 21.7. The summed E-state index contributed by atoms with van der Waals surface area (Å²) in [5, 5.41) is 0. The molecule has 0 unspecified atom stereocenters. The Labute approximate surface area is 225 Å². The molecular formula is C34H32N4. The van der Waals surface area contributed by atoms with Crippen LogP contribution in [0, 0.1) is 0 Å². The van der Waals surface area contributed by atoms with Gasteiger partial charge in [-0.1, -0.05) is 72.8 Å². The van der Waals surface area contributed by atoms with E-state index in [0.29, 0.717) is 0 Å². The van der Waals surface area contributed by atoms with Gasteiger partial charge in [-0.25, -0.2) is 0 Å². The van der Waals surface area contributed by atoms with Gasteiger partial charge in [-0.2, -0.15) is 20.0 Å². The van der Waals surface area contributed by atoms with Gasteiger partial charge in [0, 0.05) is 0 Å².